The molecule has 1 aromatic heterocycles. The minimum atomic E-state index is -3.76. The Labute approximate surface area is 183 Å². The van der Waals surface area contributed by atoms with E-state index in [9.17, 15) is 13.2 Å². The third-order valence-corrected chi connectivity index (χ3v) is 7.28. The third-order valence-electron chi connectivity index (χ3n) is 4.28. The lowest BCUT2D eigenvalue weighted by Gasteiger charge is -2.17. The summed E-state index contributed by atoms with van der Waals surface area (Å²) >= 11 is 4.72. The molecule has 0 aliphatic heterocycles. The van der Waals surface area contributed by atoms with E-state index in [-0.39, 0.29) is 17.2 Å². The molecular weight excluding hydrogens is 472 g/mol. The molecule has 2 N–H and O–H groups in total. The van der Waals surface area contributed by atoms with Crippen LogP contribution >= 0.6 is 27.3 Å². The molecule has 152 valence electrons. The second-order valence-electron chi connectivity index (χ2n) is 6.43. The lowest BCUT2D eigenvalue weighted by atomic mass is 10.1. The Morgan fingerprint density at radius 2 is 1.72 bits per heavy atom. The second-order valence-corrected chi connectivity index (χ2v) is 10.0. The zero-order valence-electron chi connectivity index (χ0n) is 15.5. The molecule has 0 saturated carbocycles. The van der Waals surface area contributed by atoms with E-state index in [2.05, 4.69) is 26.0 Å². The lowest BCUT2D eigenvalue weighted by molar-refractivity contribution is -0.121. The quantitative estimate of drug-likeness (QED) is 0.467. The van der Waals surface area contributed by atoms with Crippen LogP contribution in [0.3, 0.4) is 0 Å². The van der Waals surface area contributed by atoms with Crippen molar-refractivity contribution in [3.05, 3.63) is 87.0 Å². The topological polar surface area (TPSA) is 75.3 Å². The highest BCUT2D eigenvalue weighted by atomic mass is 79.9. The summed E-state index contributed by atoms with van der Waals surface area (Å²) in [5.74, 6) is -0.196. The van der Waals surface area contributed by atoms with Crippen molar-refractivity contribution >= 4 is 43.2 Å². The van der Waals surface area contributed by atoms with Crippen molar-refractivity contribution in [1.29, 1.82) is 0 Å². The summed E-state index contributed by atoms with van der Waals surface area (Å²) in [6, 6.07) is 19.3. The van der Waals surface area contributed by atoms with E-state index in [0.29, 0.717) is 6.54 Å². The Hall–Kier alpha value is -2.00. The normalized spacial score (nSPS) is 12.4. The lowest BCUT2D eigenvalue weighted by Crippen LogP contribution is -2.34. The van der Waals surface area contributed by atoms with E-state index in [4.69, 9.17) is 0 Å². The van der Waals surface area contributed by atoms with Crippen molar-refractivity contribution in [2.45, 2.75) is 23.8 Å². The monoisotopic (exact) mass is 492 g/mol. The van der Waals surface area contributed by atoms with Crippen molar-refractivity contribution in [2.24, 2.45) is 0 Å². The van der Waals surface area contributed by atoms with E-state index in [1.165, 1.54) is 23.5 Å². The Balaban J connectivity index is 1.64. The van der Waals surface area contributed by atoms with Crippen molar-refractivity contribution in [3.63, 3.8) is 0 Å². The maximum absolute atomic E-state index is 12.8. The highest BCUT2D eigenvalue weighted by Crippen LogP contribution is 2.25. The van der Waals surface area contributed by atoms with Crippen LogP contribution in [0.25, 0.3) is 0 Å². The first-order valence-electron chi connectivity index (χ1n) is 9.06. The number of rotatable bonds is 9. The van der Waals surface area contributed by atoms with Crippen molar-refractivity contribution < 1.29 is 13.2 Å². The number of sulfonamides is 1. The molecular formula is C21H21BrN2O3S2. The molecule has 2 aromatic carbocycles. The molecule has 0 aliphatic carbocycles. The molecule has 0 bridgehead atoms. The highest BCUT2D eigenvalue weighted by molar-refractivity contribution is 9.10. The van der Waals surface area contributed by atoms with Gasteiger partial charge in [0.2, 0.25) is 15.9 Å². The van der Waals surface area contributed by atoms with Crippen LogP contribution in [-0.4, -0.2) is 20.9 Å². The SMILES string of the molecule is O=C(CC(NS(=O)(=O)c1ccc(Br)cc1)c1cccs1)NCCc1ccccc1. The summed E-state index contributed by atoms with van der Waals surface area (Å²) < 4.78 is 29.0. The molecule has 0 radical (unpaired) electrons. The van der Waals surface area contributed by atoms with Gasteiger partial charge in [-0.2, -0.15) is 0 Å². The van der Waals surface area contributed by atoms with E-state index < -0.39 is 16.1 Å². The fourth-order valence-electron chi connectivity index (χ4n) is 2.81. The number of halogens is 1. The summed E-state index contributed by atoms with van der Waals surface area (Å²) in [6.07, 6.45) is 0.756. The van der Waals surface area contributed by atoms with Crippen molar-refractivity contribution in [2.75, 3.05) is 6.54 Å². The van der Waals surface area contributed by atoms with Gasteiger partial charge in [0.05, 0.1) is 10.9 Å². The average molecular weight is 493 g/mol. The molecule has 3 aromatic rings. The molecule has 29 heavy (non-hydrogen) atoms. The van der Waals surface area contributed by atoms with Gasteiger partial charge in [0.1, 0.15) is 0 Å². The summed E-state index contributed by atoms with van der Waals surface area (Å²) in [5.41, 5.74) is 1.14. The number of hydrogen-bond donors (Lipinski definition) is 2. The first kappa shape index (κ1) is 21.7. The maximum atomic E-state index is 12.8. The Morgan fingerprint density at radius 3 is 2.38 bits per heavy atom. The standard InChI is InChI=1S/C21H21BrN2O3S2/c22-17-8-10-18(11-9-17)29(26,27)24-19(20-7-4-14-28-20)15-21(25)23-13-12-16-5-2-1-3-6-16/h1-11,14,19,24H,12-13,15H2,(H,23,25). The molecule has 1 amide bonds. The number of carbonyl (C=O) groups is 1. The minimum absolute atomic E-state index is 0.0328. The van der Waals surface area contributed by atoms with Gasteiger partial charge in [0, 0.05) is 22.3 Å². The molecule has 0 aliphatic rings. The molecule has 5 nitrogen and oxygen atoms in total. The van der Waals surface area contributed by atoms with Crippen molar-refractivity contribution in [1.82, 2.24) is 10.0 Å². The summed E-state index contributed by atoms with van der Waals surface area (Å²) in [4.78, 5) is 13.4. The largest absolute Gasteiger partial charge is 0.356 e. The van der Waals surface area contributed by atoms with Crippen molar-refractivity contribution in [3.8, 4) is 0 Å². The number of hydrogen-bond acceptors (Lipinski definition) is 4. The summed E-state index contributed by atoms with van der Waals surface area (Å²) in [7, 11) is -3.76. The molecule has 1 unspecified atom stereocenters. The Morgan fingerprint density at radius 1 is 1.00 bits per heavy atom. The van der Waals surface area contributed by atoms with Crippen LogP contribution in [-0.2, 0) is 21.2 Å². The van der Waals surface area contributed by atoms with Crippen LogP contribution in [0.1, 0.15) is 22.9 Å². The van der Waals surface area contributed by atoms with Gasteiger partial charge in [-0.3, -0.25) is 4.79 Å². The van der Waals surface area contributed by atoms with Gasteiger partial charge in [-0.1, -0.05) is 52.3 Å². The van der Waals surface area contributed by atoms with Gasteiger partial charge in [0.25, 0.3) is 0 Å². The van der Waals surface area contributed by atoms with Crippen LogP contribution in [0.15, 0.2) is 81.5 Å². The number of nitrogens with one attached hydrogen (secondary N) is 2. The number of carbonyl (C=O) groups excluding carboxylic acids is 1. The molecule has 0 spiro atoms. The smallest absolute Gasteiger partial charge is 0.241 e. The van der Waals surface area contributed by atoms with Crippen LogP contribution in [0, 0.1) is 0 Å². The van der Waals surface area contributed by atoms with Crippen LogP contribution < -0.4 is 10.0 Å². The first-order valence-corrected chi connectivity index (χ1v) is 12.2. The number of benzene rings is 2. The van der Waals surface area contributed by atoms with Gasteiger partial charge < -0.3 is 5.32 Å². The van der Waals surface area contributed by atoms with Gasteiger partial charge >= 0.3 is 0 Å². The second kappa shape index (κ2) is 10.2. The molecule has 0 saturated heterocycles. The Bertz CT molecular complexity index is 1020. The van der Waals surface area contributed by atoms with E-state index >= 15 is 0 Å². The maximum Gasteiger partial charge on any atom is 0.241 e. The Kier molecular flexibility index (Phi) is 7.60. The number of amides is 1. The fourth-order valence-corrected chi connectivity index (χ4v) is 5.14. The fraction of sp³-hybridized carbons (Fsp3) is 0.190. The molecule has 1 heterocycles. The third kappa shape index (κ3) is 6.50. The summed E-state index contributed by atoms with van der Waals surface area (Å²) in [5, 5.41) is 4.75. The van der Waals surface area contributed by atoms with E-state index in [1.54, 1.807) is 12.1 Å². The average Bonchev–Trinajstić information content (AvgIpc) is 3.23. The highest BCUT2D eigenvalue weighted by Gasteiger charge is 2.24. The van der Waals surface area contributed by atoms with Gasteiger partial charge in [-0.05, 0) is 47.7 Å². The zero-order valence-corrected chi connectivity index (χ0v) is 18.8. The zero-order chi connectivity index (χ0) is 20.7. The van der Waals surface area contributed by atoms with Gasteiger partial charge in [0.15, 0.2) is 0 Å². The van der Waals surface area contributed by atoms with E-state index in [1.807, 2.05) is 47.8 Å². The predicted octanol–water partition coefficient (Wildman–Crippen LogP) is 4.28. The van der Waals surface area contributed by atoms with Crippen LogP contribution in [0.2, 0.25) is 0 Å². The number of thiophene rings is 1. The molecule has 1 atom stereocenters. The summed E-state index contributed by atoms with van der Waals surface area (Å²) in [6.45, 7) is 0.499. The van der Waals surface area contributed by atoms with Gasteiger partial charge in [-0.15, -0.1) is 11.3 Å². The molecule has 0 fully saturated rings. The van der Waals surface area contributed by atoms with Crippen LogP contribution in [0.4, 0.5) is 0 Å². The first-order chi connectivity index (χ1) is 13.9. The molecule has 8 heteroatoms. The van der Waals surface area contributed by atoms with E-state index in [0.717, 1.165) is 21.3 Å². The minimum Gasteiger partial charge on any atom is -0.356 e. The van der Waals surface area contributed by atoms with Crippen LogP contribution in [0.5, 0.6) is 0 Å². The molecule has 3 rings (SSSR count). The predicted molar refractivity (Wildman–Crippen MR) is 119 cm³/mol. The van der Waals surface area contributed by atoms with Gasteiger partial charge in [-0.25, -0.2) is 13.1 Å².